The molecule has 1 N–H and O–H groups in total. The van der Waals surface area contributed by atoms with Gasteiger partial charge in [0.2, 0.25) is 5.00 Å². The van der Waals surface area contributed by atoms with Crippen LogP contribution < -0.4 is 0 Å². The van der Waals surface area contributed by atoms with Gasteiger partial charge < -0.3 is 5.11 Å². The van der Waals surface area contributed by atoms with Crippen molar-refractivity contribution in [3.8, 4) is 0 Å². The molecule has 3 aromatic carbocycles. The number of halogens is 4. The first-order chi connectivity index (χ1) is 14.9. The predicted octanol–water partition coefficient (Wildman–Crippen LogP) is 6.16. The van der Waals surface area contributed by atoms with Crippen molar-refractivity contribution in [3.63, 3.8) is 0 Å². The van der Waals surface area contributed by atoms with Gasteiger partial charge in [0.15, 0.2) is 0 Å². The second-order valence-electron chi connectivity index (χ2n) is 7.38. The Morgan fingerprint density at radius 2 is 1.23 bits per heavy atom. The molecule has 0 radical (unpaired) electrons. The molecule has 31 heavy (non-hydrogen) atoms. The standard InChI is InChI=1S/C25H25ClF3NO/c26-24(25(27,28)29,22-15-8-3-9-16-22)30(17-10-18-31)19-23(20-11-4-1-5-12-20)21-13-6-2-7-14-21/h1-9,11-16,23,31H,10,17-19H2. The lowest BCUT2D eigenvalue weighted by atomic mass is 9.89. The summed E-state index contributed by atoms with van der Waals surface area (Å²) in [5.74, 6) is -0.328. The fraction of sp³-hybridized carbons (Fsp3) is 0.280. The Hall–Kier alpha value is -2.34. The van der Waals surface area contributed by atoms with Gasteiger partial charge in [-0.15, -0.1) is 0 Å². The van der Waals surface area contributed by atoms with Gasteiger partial charge >= 0.3 is 6.18 Å². The maximum absolute atomic E-state index is 14.5. The SMILES string of the molecule is OCCCN(CC(c1ccccc1)c1ccccc1)C(Cl)(c1ccccc1)C(F)(F)F. The lowest BCUT2D eigenvalue weighted by Crippen LogP contribution is -2.54. The van der Waals surface area contributed by atoms with E-state index in [0.717, 1.165) is 11.1 Å². The molecular formula is C25H25ClF3NO. The first-order valence-electron chi connectivity index (χ1n) is 10.1. The average molecular weight is 448 g/mol. The molecule has 0 aliphatic rings. The van der Waals surface area contributed by atoms with Gasteiger partial charge in [-0.2, -0.15) is 13.2 Å². The summed E-state index contributed by atoms with van der Waals surface area (Å²) in [6, 6.07) is 26.4. The number of aliphatic hydroxyl groups is 1. The van der Waals surface area contributed by atoms with E-state index in [1.54, 1.807) is 18.2 Å². The lowest BCUT2D eigenvalue weighted by Gasteiger charge is -2.42. The molecule has 0 saturated heterocycles. The molecule has 1 unspecified atom stereocenters. The number of alkyl halides is 4. The molecule has 6 heteroatoms. The topological polar surface area (TPSA) is 23.5 Å². The summed E-state index contributed by atoms with van der Waals surface area (Å²) in [6.45, 7) is -0.200. The van der Waals surface area contributed by atoms with Crippen LogP contribution in [-0.2, 0) is 5.00 Å². The zero-order valence-electron chi connectivity index (χ0n) is 17.0. The van der Waals surface area contributed by atoms with E-state index < -0.39 is 11.2 Å². The van der Waals surface area contributed by atoms with Crippen LogP contribution >= 0.6 is 11.6 Å². The van der Waals surface area contributed by atoms with E-state index in [4.69, 9.17) is 11.6 Å². The van der Waals surface area contributed by atoms with E-state index in [2.05, 4.69) is 0 Å². The molecule has 0 heterocycles. The fourth-order valence-corrected chi connectivity index (χ4v) is 4.09. The van der Waals surface area contributed by atoms with E-state index in [-0.39, 0.29) is 37.6 Å². The van der Waals surface area contributed by atoms with Crippen molar-refractivity contribution in [2.24, 2.45) is 0 Å². The van der Waals surface area contributed by atoms with Crippen LogP contribution in [0.2, 0.25) is 0 Å². The van der Waals surface area contributed by atoms with Crippen molar-refractivity contribution >= 4 is 11.6 Å². The molecule has 2 nitrogen and oxygen atoms in total. The molecule has 0 spiro atoms. The second-order valence-corrected chi connectivity index (χ2v) is 7.93. The molecule has 0 amide bonds. The zero-order chi connectivity index (χ0) is 22.3. The minimum absolute atomic E-state index is 0.00935. The quantitative estimate of drug-likeness (QED) is 0.314. The molecule has 0 bridgehead atoms. The van der Waals surface area contributed by atoms with E-state index >= 15 is 0 Å². The fourth-order valence-electron chi connectivity index (χ4n) is 3.81. The summed E-state index contributed by atoms with van der Waals surface area (Å²) in [5, 5.41) is 9.37. The van der Waals surface area contributed by atoms with Crippen LogP contribution in [0, 0.1) is 0 Å². The number of rotatable bonds is 9. The predicted molar refractivity (Wildman–Crippen MR) is 118 cm³/mol. The Morgan fingerprint density at radius 1 is 0.774 bits per heavy atom. The summed E-state index contributed by atoms with van der Waals surface area (Å²) in [6.07, 6.45) is -4.56. The molecule has 1 atom stereocenters. The van der Waals surface area contributed by atoms with Crippen LogP contribution in [0.4, 0.5) is 13.2 Å². The third kappa shape index (κ3) is 5.29. The van der Waals surface area contributed by atoms with Crippen molar-refractivity contribution in [1.29, 1.82) is 0 Å². The van der Waals surface area contributed by atoms with Gasteiger partial charge in [0, 0.05) is 25.6 Å². The number of hydrogen-bond acceptors (Lipinski definition) is 2. The maximum Gasteiger partial charge on any atom is 0.425 e. The Bertz CT molecular complexity index is 882. The Morgan fingerprint density at radius 3 is 1.65 bits per heavy atom. The molecule has 0 aliphatic heterocycles. The minimum Gasteiger partial charge on any atom is -0.396 e. The van der Waals surface area contributed by atoms with Crippen molar-refractivity contribution in [1.82, 2.24) is 4.90 Å². The summed E-state index contributed by atoms with van der Waals surface area (Å²) >= 11 is 6.48. The molecule has 0 saturated carbocycles. The van der Waals surface area contributed by atoms with Crippen LogP contribution in [0.3, 0.4) is 0 Å². The van der Waals surface area contributed by atoms with Gasteiger partial charge in [0.05, 0.1) is 0 Å². The van der Waals surface area contributed by atoms with Crippen LogP contribution in [-0.4, -0.2) is 35.9 Å². The first-order valence-corrected chi connectivity index (χ1v) is 10.5. The Balaban J connectivity index is 2.09. The summed E-state index contributed by atoms with van der Waals surface area (Å²) < 4.78 is 43.5. The highest BCUT2D eigenvalue weighted by Gasteiger charge is 2.58. The highest BCUT2D eigenvalue weighted by atomic mass is 35.5. The van der Waals surface area contributed by atoms with Crippen molar-refractivity contribution in [2.75, 3.05) is 19.7 Å². The van der Waals surface area contributed by atoms with E-state index in [1.807, 2.05) is 60.7 Å². The zero-order valence-corrected chi connectivity index (χ0v) is 17.7. The van der Waals surface area contributed by atoms with Crippen LogP contribution in [0.25, 0.3) is 0 Å². The molecule has 3 rings (SSSR count). The summed E-state index contributed by atoms with van der Waals surface area (Å²) in [5.41, 5.74) is 1.76. The smallest absolute Gasteiger partial charge is 0.396 e. The lowest BCUT2D eigenvalue weighted by molar-refractivity contribution is -0.206. The third-order valence-electron chi connectivity index (χ3n) is 5.36. The van der Waals surface area contributed by atoms with Gasteiger partial charge in [-0.25, -0.2) is 0 Å². The normalized spacial score (nSPS) is 14.0. The van der Waals surface area contributed by atoms with Gasteiger partial charge in [-0.05, 0) is 23.1 Å². The van der Waals surface area contributed by atoms with Crippen LogP contribution in [0.1, 0.15) is 29.0 Å². The monoisotopic (exact) mass is 447 g/mol. The highest BCUT2D eigenvalue weighted by Crippen LogP contribution is 2.48. The molecule has 164 valence electrons. The first kappa shape index (κ1) is 23.3. The number of hydrogen-bond donors (Lipinski definition) is 1. The Kier molecular flexibility index (Phi) is 7.76. The summed E-state index contributed by atoms with van der Waals surface area (Å²) in [4.78, 5) is -1.48. The van der Waals surface area contributed by atoms with Crippen molar-refractivity contribution < 1.29 is 18.3 Å². The molecule has 0 aromatic heterocycles. The maximum atomic E-state index is 14.5. The molecule has 3 aromatic rings. The Labute approximate surface area is 185 Å². The largest absolute Gasteiger partial charge is 0.425 e. The molecule has 0 fully saturated rings. The summed E-state index contributed by atoms with van der Waals surface area (Å²) in [7, 11) is 0. The molecule has 0 aliphatic carbocycles. The number of aliphatic hydroxyl groups excluding tert-OH is 1. The second kappa shape index (κ2) is 10.3. The number of benzene rings is 3. The van der Waals surface area contributed by atoms with E-state index in [1.165, 1.54) is 17.0 Å². The van der Waals surface area contributed by atoms with Crippen LogP contribution in [0.15, 0.2) is 91.0 Å². The average Bonchev–Trinajstić information content (AvgIpc) is 2.80. The van der Waals surface area contributed by atoms with Gasteiger partial charge in [-0.3, -0.25) is 4.90 Å². The van der Waals surface area contributed by atoms with E-state index in [9.17, 15) is 18.3 Å². The highest BCUT2D eigenvalue weighted by molar-refractivity contribution is 6.24. The molecular weight excluding hydrogens is 423 g/mol. The number of nitrogens with zero attached hydrogens (tertiary/aromatic N) is 1. The van der Waals surface area contributed by atoms with Crippen molar-refractivity contribution in [3.05, 3.63) is 108 Å². The van der Waals surface area contributed by atoms with Crippen molar-refractivity contribution in [2.45, 2.75) is 23.5 Å². The van der Waals surface area contributed by atoms with Gasteiger partial charge in [0.25, 0.3) is 0 Å². The third-order valence-corrected chi connectivity index (χ3v) is 6.03. The van der Waals surface area contributed by atoms with E-state index in [0.29, 0.717) is 0 Å². The van der Waals surface area contributed by atoms with Gasteiger partial charge in [-0.1, -0.05) is 103 Å². The minimum atomic E-state index is -4.73. The van der Waals surface area contributed by atoms with Crippen LogP contribution in [0.5, 0.6) is 0 Å². The van der Waals surface area contributed by atoms with Gasteiger partial charge in [0.1, 0.15) is 0 Å².